The maximum Gasteiger partial charge on any atom is 0.255 e. The molecular weight excluding hydrogens is 226 g/mol. The number of carbonyl (C=O) groups excluding carboxylic acids is 1. The second-order valence-electron chi connectivity index (χ2n) is 4.83. The van der Waals surface area contributed by atoms with Crippen LogP contribution in [0.2, 0.25) is 0 Å². The average molecular weight is 247 g/mol. The van der Waals surface area contributed by atoms with Gasteiger partial charge in [-0.25, -0.2) is 0 Å². The Morgan fingerprint density at radius 2 is 2.11 bits per heavy atom. The molecule has 0 aromatic carbocycles. The lowest BCUT2D eigenvalue weighted by Gasteiger charge is -2.37. The van der Waals surface area contributed by atoms with E-state index in [2.05, 4.69) is 23.7 Å². The van der Waals surface area contributed by atoms with Crippen molar-refractivity contribution in [2.24, 2.45) is 0 Å². The topological polar surface area (TPSA) is 36.4 Å². The molecule has 1 aliphatic rings. The zero-order valence-corrected chi connectivity index (χ0v) is 11.2. The van der Waals surface area contributed by atoms with Gasteiger partial charge in [0.2, 0.25) is 0 Å². The molecule has 1 saturated heterocycles. The average Bonchev–Trinajstić information content (AvgIpc) is 2.47. The zero-order valence-electron chi connectivity index (χ0n) is 11.2. The molecule has 1 aliphatic heterocycles. The van der Waals surface area contributed by atoms with Crippen LogP contribution in [0, 0.1) is 0 Å². The number of pyridine rings is 1. The third-order valence-corrected chi connectivity index (χ3v) is 3.72. The number of carbonyl (C=O) groups is 1. The minimum absolute atomic E-state index is 0.104. The summed E-state index contributed by atoms with van der Waals surface area (Å²) in [5.74, 6) is 0.104. The van der Waals surface area contributed by atoms with Crippen LogP contribution in [0.3, 0.4) is 0 Å². The van der Waals surface area contributed by atoms with Gasteiger partial charge in [0.15, 0.2) is 0 Å². The van der Waals surface area contributed by atoms with E-state index in [0.717, 1.165) is 32.6 Å². The molecule has 2 rings (SSSR count). The number of nitrogens with zero attached hydrogens (tertiary/aromatic N) is 3. The van der Waals surface area contributed by atoms with Crippen LogP contribution in [-0.4, -0.2) is 52.9 Å². The summed E-state index contributed by atoms with van der Waals surface area (Å²) in [5, 5.41) is 0. The van der Waals surface area contributed by atoms with Crippen LogP contribution in [0.4, 0.5) is 0 Å². The van der Waals surface area contributed by atoms with Crippen molar-refractivity contribution in [2.75, 3.05) is 26.2 Å². The molecule has 1 unspecified atom stereocenters. The zero-order chi connectivity index (χ0) is 13.0. The van der Waals surface area contributed by atoms with Crippen LogP contribution in [0.1, 0.15) is 30.6 Å². The predicted molar refractivity (Wildman–Crippen MR) is 71.5 cm³/mol. The Balaban J connectivity index is 1.92. The van der Waals surface area contributed by atoms with Crippen LogP contribution < -0.4 is 0 Å². The molecule has 1 aromatic rings. The number of rotatable bonds is 3. The van der Waals surface area contributed by atoms with Gasteiger partial charge in [-0.05, 0) is 25.5 Å². The number of hydrogen-bond acceptors (Lipinski definition) is 3. The molecule has 0 radical (unpaired) electrons. The van der Waals surface area contributed by atoms with Gasteiger partial charge in [0.05, 0.1) is 5.56 Å². The maximum atomic E-state index is 12.2. The predicted octanol–water partition coefficient (Wildman–Crippen LogP) is 1.64. The van der Waals surface area contributed by atoms with E-state index >= 15 is 0 Å². The highest BCUT2D eigenvalue weighted by Crippen LogP contribution is 2.11. The summed E-state index contributed by atoms with van der Waals surface area (Å²) in [5.41, 5.74) is 0.689. The van der Waals surface area contributed by atoms with E-state index in [-0.39, 0.29) is 5.91 Å². The van der Waals surface area contributed by atoms with Gasteiger partial charge < -0.3 is 4.90 Å². The van der Waals surface area contributed by atoms with Crippen molar-refractivity contribution in [1.82, 2.24) is 14.8 Å². The molecule has 1 atom stereocenters. The first-order valence-electron chi connectivity index (χ1n) is 6.65. The van der Waals surface area contributed by atoms with Gasteiger partial charge in [-0.1, -0.05) is 6.92 Å². The lowest BCUT2D eigenvalue weighted by atomic mass is 10.1. The van der Waals surface area contributed by atoms with E-state index in [1.807, 2.05) is 17.0 Å². The molecule has 0 saturated carbocycles. The van der Waals surface area contributed by atoms with Gasteiger partial charge in [-0.15, -0.1) is 0 Å². The van der Waals surface area contributed by atoms with Crippen molar-refractivity contribution in [3.63, 3.8) is 0 Å². The maximum absolute atomic E-state index is 12.2. The van der Waals surface area contributed by atoms with Crippen molar-refractivity contribution in [1.29, 1.82) is 0 Å². The Hall–Kier alpha value is -1.42. The molecule has 0 N–H and O–H groups in total. The molecule has 0 bridgehead atoms. The van der Waals surface area contributed by atoms with Crippen molar-refractivity contribution < 1.29 is 4.79 Å². The van der Waals surface area contributed by atoms with Crippen LogP contribution >= 0.6 is 0 Å². The lowest BCUT2D eigenvalue weighted by Crippen LogP contribution is -2.51. The van der Waals surface area contributed by atoms with Crippen molar-refractivity contribution in [2.45, 2.75) is 26.3 Å². The van der Waals surface area contributed by atoms with Crippen LogP contribution in [0.5, 0.6) is 0 Å². The fourth-order valence-corrected chi connectivity index (χ4v) is 2.30. The fourth-order valence-electron chi connectivity index (χ4n) is 2.30. The van der Waals surface area contributed by atoms with Crippen LogP contribution in [0.25, 0.3) is 0 Å². The summed E-state index contributed by atoms with van der Waals surface area (Å²) in [6, 6.07) is 4.25. The molecule has 98 valence electrons. The summed E-state index contributed by atoms with van der Waals surface area (Å²) in [6.07, 6.45) is 4.50. The Bertz CT molecular complexity index is 385. The molecule has 0 aliphatic carbocycles. The lowest BCUT2D eigenvalue weighted by molar-refractivity contribution is 0.0579. The first-order valence-corrected chi connectivity index (χ1v) is 6.65. The number of aromatic nitrogens is 1. The molecule has 0 spiro atoms. The molecule has 2 heterocycles. The first-order chi connectivity index (χ1) is 8.72. The second kappa shape index (κ2) is 5.96. The summed E-state index contributed by atoms with van der Waals surface area (Å²) < 4.78 is 0. The number of piperazine rings is 1. The van der Waals surface area contributed by atoms with Gasteiger partial charge in [0, 0.05) is 44.6 Å². The third-order valence-electron chi connectivity index (χ3n) is 3.72. The largest absolute Gasteiger partial charge is 0.336 e. The Morgan fingerprint density at radius 1 is 1.39 bits per heavy atom. The van der Waals surface area contributed by atoms with E-state index in [1.165, 1.54) is 0 Å². The van der Waals surface area contributed by atoms with Crippen LogP contribution in [0.15, 0.2) is 24.5 Å². The standard InChI is InChI=1S/C14H21N3O/c1-3-12(2)16-7-9-17(10-8-16)14(18)13-5-4-6-15-11-13/h4-6,11-12H,3,7-10H2,1-2H3. The Morgan fingerprint density at radius 3 is 2.67 bits per heavy atom. The van der Waals surface area contributed by atoms with Gasteiger partial charge in [-0.3, -0.25) is 14.7 Å². The van der Waals surface area contributed by atoms with Gasteiger partial charge in [0.25, 0.3) is 5.91 Å². The molecule has 1 amide bonds. The van der Waals surface area contributed by atoms with E-state index < -0.39 is 0 Å². The highest BCUT2D eigenvalue weighted by molar-refractivity contribution is 5.93. The van der Waals surface area contributed by atoms with E-state index in [1.54, 1.807) is 12.4 Å². The molecule has 1 aromatic heterocycles. The number of amides is 1. The monoisotopic (exact) mass is 247 g/mol. The van der Waals surface area contributed by atoms with Gasteiger partial charge in [0.1, 0.15) is 0 Å². The highest BCUT2D eigenvalue weighted by atomic mass is 16.2. The van der Waals surface area contributed by atoms with Crippen molar-refractivity contribution in [3.8, 4) is 0 Å². The summed E-state index contributed by atoms with van der Waals surface area (Å²) in [7, 11) is 0. The summed E-state index contributed by atoms with van der Waals surface area (Å²) in [4.78, 5) is 20.6. The fraction of sp³-hybridized carbons (Fsp3) is 0.571. The first kappa shape index (κ1) is 13.0. The summed E-state index contributed by atoms with van der Waals surface area (Å²) in [6.45, 7) is 8.04. The van der Waals surface area contributed by atoms with Gasteiger partial charge >= 0.3 is 0 Å². The Labute approximate surface area is 109 Å². The SMILES string of the molecule is CCC(C)N1CCN(C(=O)c2cccnc2)CC1. The second-order valence-corrected chi connectivity index (χ2v) is 4.83. The molecule has 18 heavy (non-hydrogen) atoms. The van der Waals surface area contributed by atoms with Gasteiger partial charge in [-0.2, -0.15) is 0 Å². The molecule has 1 fully saturated rings. The third kappa shape index (κ3) is 2.88. The highest BCUT2D eigenvalue weighted by Gasteiger charge is 2.23. The molecule has 4 nitrogen and oxygen atoms in total. The number of hydrogen-bond donors (Lipinski definition) is 0. The minimum atomic E-state index is 0.104. The van der Waals surface area contributed by atoms with Crippen molar-refractivity contribution in [3.05, 3.63) is 30.1 Å². The minimum Gasteiger partial charge on any atom is -0.336 e. The van der Waals surface area contributed by atoms with Crippen LogP contribution in [-0.2, 0) is 0 Å². The van der Waals surface area contributed by atoms with E-state index in [0.29, 0.717) is 11.6 Å². The summed E-state index contributed by atoms with van der Waals surface area (Å²) >= 11 is 0. The quantitative estimate of drug-likeness (QED) is 0.814. The smallest absolute Gasteiger partial charge is 0.255 e. The normalized spacial score (nSPS) is 18.7. The van der Waals surface area contributed by atoms with E-state index in [4.69, 9.17) is 0 Å². The van der Waals surface area contributed by atoms with E-state index in [9.17, 15) is 4.79 Å². The van der Waals surface area contributed by atoms with Crippen molar-refractivity contribution >= 4 is 5.91 Å². The molecular formula is C14H21N3O. The Kier molecular flexibility index (Phi) is 4.31. The molecule has 4 heteroatoms.